The van der Waals surface area contributed by atoms with Gasteiger partial charge in [-0.2, -0.15) is 13.2 Å². The molecule has 0 unspecified atom stereocenters. The van der Waals surface area contributed by atoms with Crippen LogP contribution in [-0.2, 0) is 9.59 Å². The van der Waals surface area contributed by atoms with Crippen molar-refractivity contribution in [3.8, 4) is 0 Å². The number of hydrogen-bond donors (Lipinski definition) is 1. The number of halogens is 4. The van der Waals surface area contributed by atoms with Gasteiger partial charge in [-0.15, -0.1) is 0 Å². The molecule has 114 valence electrons. The highest BCUT2D eigenvalue weighted by Crippen LogP contribution is 2.72. The predicted molar refractivity (Wildman–Crippen MR) is 70.3 cm³/mol. The summed E-state index contributed by atoms with van der Waals surface area (Å²) in [6.45, 7) is 4.03. The van der Waals surface area contributed by atoms with Gasteiger partial charge in [-0.1, -0.05) is 36.7 Å². The molecule has 2 aliphatic carbocycles. The van der Waals surface area contributed by atoms with Gasteiger partial charge in [0.25, 0.3) is 0 Å². The fourth-order valence-corrected chi connectivity index (χ4v) is 5.31. The maximum atomic E-state index is 12.4. The Morgan fingerprint density at radius 2 is 1.90 bits per heavy atom. The van der Waals surface area contributed by atoms with Gasteiger partial charge >= 0.3 is 6.18 Å². The molecule has 2 fully saturated rings. The molecule has 0 aromatic carbocycles. The lowest BCUT2D eigenvalue weighted by Crippen LogP contribution is -2.52. The van der Waals surface area contributed by atoms with E-state index in [-0.39, 0.29) is 5.78 Å². The molecule has 0 saturated heterocycles. The molecule has 1 N–H and O–H groups in total. The SMILES string of the molecule is CC1(C)[C@@]2(C)CC[C@]1(C(=O)NCC(F)(F)F)[C@H](Br)C2=O. The van der Waals surface area contributed by atoms with Crippen LogP contribution in [0.2, 0.25) is 0 Å². The van der Waals surface area contributed by atoms with Crippen molar-refractivity contribution >= 4 is 27.6 Å². The lowest BCUT2D eigenvalue weighted by Gasteiger charge is -2.39. The summed E-state index contributed by atoms with van der Waals surface area (Å²) in [6, 6.07) is 0. The van der Waals surface area contributed by atoms with Crippen LogP contribution in [0.5, 0.6) is 0 Å². The van der Waals surface area contributed by atoms with Gasteiger partial charge in [-0.25, -0.2) is 0 Å². The van der Waals surface area contributed by atoms with Crippen molar-refractivity contribution < 1.29 is 22.8 Å². The summed E-state index contributed by atoms with van der Waals surface area (Å²) in [4.78, 5) is 24.0. The van der Waals surface area contributed by atoms with E-state index in [9.17, 15) is 22.8 Å². The highest BCUT2D eigenvalue weighted by Gasteiger charge is 2.76. The van der Waals surface area contributed by atoms with Crippen LogP contribution in [0.15, 0.2) is 0 Å². The van der Waals surface area contributed by atoms with E-state index in [2.05, 4.69) is 15.9 Å². The first-order valence-corrected chi connectivity index (χ1v) is 7.35. The fraction of sp³-hybridized carbons (Fsp3) is 0.846. The van der Waals surface area contributed by atoms with Gasteiger partial charge < -0.3 is 5.32 Å². The van der Waals surface area contributed by atoms with Crippen molar-refractivity contribution in [2.24, 2.45) is 16.2 Å². The van der Waals surface area contributed by atoms with Gasteiger partial charge in [0, 0.05) is 5.41 Å². The van der Waals surface area contributed by atoms with Crippen LogP contribution in [-0.4, -0.2) is 29.2 Å². The van der Waals surface area contributed by atoms with Crippen LogP contribution < -0.4 is 5.32 Å². The summed E-state index contributed by atoms with van der Waals surface area (Å²) in [6.07, 6.45) is -3.51. The first kappa shape index (κ1) is 15.8. The smallest absolute Gasteiger partial charge is 0.346 e. The minimum atomic E-state index is -4.46. The quantitative estimate of drug-likeness (QED) is 0.774. The van der Waals surface area contributed by atoms with E-state index >= 15 is 0 Å². The molecule has 2 aliphatic rings. The van der Waals surface area contributed by atoms with Gasteiger partial charge in [-0.05, 0) is 18.3 Å². The summed E-state index contributed by atoms with van der Waals surface area (Å²) in [5, 5.41) is 1.96. The molecule has 3 atom stereocenters. The molecule has 0 heterocycles. The van der Waals surface area contributed by atoms with Gasteiger partial charge in [0.15, 0.2) is 5.78 Å². The Morgan fingerprint density at radius 1 is 1.35 bits per heavy atom. The van der Waals surface area contributed by atoms with Crippen molar-refractivity contribution in [1.29, 1.82) is 0 Å². The molecule has 0 spiro atoms. The highest BCUT2D eigenvalue weighted by atomic mass is 79.9. The fourth-order valence-electron chi connectivity index (χ4n) is 3.79. The Hall–Kier alpha value is -0.590. The summed E-state index contributed by atoms with van der Waals surface area (Å²) >= 11 is 3.26. The minimum Gasteiger partial charge on any atom is -0.346 e. The molecule has 7 heteroatoms. The van der Waals surface area contributed by atoms with Crippen molar-refractivity contribution in [3.63, 3.8) is 0 Å². The second-order valence-corrected chi connectivity index (χ2v) is 7.37. The number of fused-ring (bicyclic) bond motifs is 2. The third-order valence-electron chi connectivity index (χ3n) is 5.58. The number of alkyl halides is 4. The first-order valence-electron chi connectivity index (χ1n) is 6.43. The maximum absolute atomic E-state index is 12.4. The molecular weight excluding hydrogens is 339 g/mol. The highest BCUT2D eigenvalue weighted by molar-refractivity contribution is 9.10. The van der Waals surface area contributed by atoms with E-state index in [1.54, 1.807) is 20.8 Å². The average Bonchev–Trinajstić information content (AvgIpc) is 2.58. The van der Waals surface area contributed by atoms with Gasteiger partial charge in [0.2, 0.25) is 5.91 Å². The molecule has 0 radical (unpaired) electrons. The number of rotatable bonds is 2. The van der Waals surface area contributed by atoms with E-state index in [0.29, 0.717) is 12.8 Å². The average molecular weight is 356 g/mol. The van der Waals surface area contributed by atoms with Crippen LogP contribution in [0.4, 0.5) is 13.2 Å². The Balaban J connectivity index is 2.34. The Morgan fingerprint density at radius 3 is 2.30 bits per heavy atom. The van der Waals surface area contributed by atoms with Crippen LogP contribution in [0.1, 0.15) is 33.6 Å². The number of carbonyl (C=O) groups is 2. The van der Waals surface area contributed by atoms with E-state index in [1.165, 1.54) is 0 Å². The van der Waals surface area contributed by atoms with Gasteiger partial charge in [0.05, 0.1) is 10.2 Å². The van der Waals surface area contributed by atoms with Crippen molar-refractivity contribution in [1.82, 2.24) is 5.32 Å². The number of carbonyl (C=O) groups excluding carboxylic acids is 2. The molecule has 0 aliphatic heterocycles. The topological polar surface area (TPSA) is 46.2 Å². The van der Waals surface area contributed by atoms with E-state index in [0.717, 1.165) is 0 Å². The number of hydrogen-bond acceptors (Lipinski definition) is 2. The molecular formula is C13H17BrF3NO2. The van der Waals surface area contributed by atoms with Crippen LogP contribution in [0.25, 0.3) is 0 Å². The predicted octanol–water partition coefficient (Wildman–Crippen LogP) is 2.82. The molecule has 0 aromatic rings. The van der Waals surface area contributed by atoms with Crippen LogP contribution in [0, 0.1) is 16.2 Å². The molecule has 2 rings (SSSR count). The maximum Gasteiger partial charge on any atom is 0.405 e. The first-order chi connectivity index (χ1) is 8.90. The van der Waals surface area contributed by atoms with E-state index in [4.69, 9.17) is 0 Å². The molecule has 20 heavy (non-hydrogen) atoms. The molecule has 2 saturated carbocycles. The summed E-state index contributed by atoms with van der Waals surface area (Å²) < 4.78 is 36.9. The zero-order valence-corrected chi connectivity index (χ0v) is 13.1. The molecule has 0 aromatic heterocycles. The molecule has 1 amide bonds. The number of ketones is 1. The number of nitrogens with one attached hydrogen (secondary N) is 1. The summed E-state index contributed by atoms with van der Waals surface area (Å²) in [5.41, 5.74) is -2.46. The second kappa shape index (κ2) is 4.21. The zero-order valence-electron chi connectivity index (χ0n) is 11.5. The van der Waals surface area contributed by atoms with E-state index in [1.807, 2.05) is 5.32 Å². The van der Waals surface area contributed by atoms with Crippen LogP contribution >= 0.6 is 15.9 Å². The Bertz CT molecular complexity index is 477. The largest absolute Gasteiger partial charge is 0.405 e. The summed E-state index contributed by atoms with van der Waals surface area (Å²) in [5.74, 6) is -0.771. The second-order valence-electron chi connectivity index (χ2n) is 6.45. The minimum absolute atomic E-state index is 0.0871. The van der Waals surface area contributed by atoms with Gasteiger partial charge in [-0.3, -0.25) is 9.59 Å². The molecule has 2 bridgehead atoms. The lowest BCUT2D eigenvalue weighted by atomic mass is 9.64. The zero-order chi connectivity index (χ0) is 15.6. The Kier molecular flexibility index (Phi) is 3.32. The van der Waals surface area contributed by atoms with E-state index < -0.39 is 39.7 Å². The third-order valence-corrected chi connectivity index (χ3v) is 6.77. The van der Waals surface area contributed by atoms with Crippen molar-refractivity contribution in [2.45, 2.75) is 44.6 Å². The van der Waals surface area contributed by atoms with Crippen LogP contribution in [0.3, 0.4) is 0 Å². The number of amides is 1. The standard InChI is InChI=1S/C13H17BrF3NO2/c1-10(2)11(3)4-5-12(10,7(14)8(11)19)9(20)18-6-13(15,16)17/h7H,4-6H2,1-3H3,(H,18,20)/t7-,11+,12-/m1/s1. The monoisotopic (exact) mass is 355 g/mol. The molecule has 3 nitrogen and oxygen atoms in total. The lowest BCUT2D eigenvalue weighted by molar-refractivity contribution is -0.148. The third kappa shape index (κ3) is 1.71. The Labute approximate surface area is 123 Å². The van der Waals surface area contributed by atoms with Crippen molar-refractivity contribution in [3.05, 3.63) is 0 Å². The van der Waals surface area contributed by atoms with Gasteiger partial charge in [0.1, 0.15) is 6.54 Å². The number of Topliss-reactive ketones (excluding diaryl/α,β-unsaturated/α-hetero) is 1. The summed E-state index contributed by atoms with van der Waals surface area (Å²) in [7, 11) is 0. The normalized spacial score (nSPS) is 39.1. The van der Waals surface area contributed by atoms with Crippen molar-refractivity contribution in [2.75, 3.05) is 6.54 Å².